The van der Waals surface area contributed by atoms with Crippen molar-refractivity contribution < 1.29 is 14.0 Å². The van der Waals surface area contributed by atoms with Gasteiger partial charge in [0, 0.05) is 38.3 Å². The van der Waals surface area contributed by atoms with Crippen LogP contribution in [0, 0.1) is 5.82 Å². The maximum absolute atomic E-state index is 13.2. The lowest BCUT2D eigenvalue weighted by Gasteiger charge is -2.42. The first kappa shape index (κ1) is 20.2. The van der Waals surface area contributed by atoms with Gasteiger partial charge in [-0.05, 0) is 43.5 Å². The Morgan fingerprint density at radius 1 is 1.23 bits per heavy atom. The molecule has 1 aliphatic rings. The van der Waals surface area contributed by atoms with E-state index >= 15 is 0 Å². The molecule has 6 heteroatoms. The van der Waals surface area contributed by atoms with Crippen LogP contribution in [0.5, 0.6) is 0 Å². The van der Waals surface area contributed by atoms with Crippen molar-refractivity contribution in [1.29, 1.82) is 0 Å². The predicted molar refractivity (Wildman–Crippen MR) is 102 cm³/mol. The van der Waals surface area contributed by atoms with E-state index in [9.17, 15) is 14.0 Å². The van der Waals surface area contributed by atoms with Crippen LogP contribution in [0.25, 0.3) is 0 Å². The van der Waals surface area contributed by atoms with Gasteiger partial charge in [0.25, 0.3) is 0 Å². The molecule has 1 aromatic rings. The molecular formula is C20H30FN3O2. The summed E-state index contributed by atoms with van der Waals surface area (Å²) in [5.74, 6) is -0.249. The number of nitrogens with one attached hydrogen (secondary N) is 1. The summed E-state index contributed by atoms with van der Waals surface area (Å²) in [4.78, 5) is 27.3. The quantitative estimate of drug-likeness (QED) is 0.539. The molecule has 0 aliphatic carbocycles. The van der Waals surface area contributed by atoms with Crippen LogP contribution in [0.3, 0.4) is 0 Å². The zero-order valence-corrected chi connectivity index (χ0v) is 15.6. The van der Waals surface area contributed by atoms with Crippen LogP contribution in [0.15, 0.2) is 24.3 Å². The van der Waals surface area contributed by atoms with E-state index in [0.29, 0.717) is 26.1 Å². The van der Waals surface area contributed by atoms with Crippen molar-refractivity contribution in [3.05, 3.63) is 30.1 Å². The number of hydrogen-bond donors (Lipinski definition) is 1. The molecule has 0 radical (unpaired) electrons. The Morgan fingerprint density at radius 3 is 2.69 bits per heavy atom. The molecule has 1 fully saturated rings. The fourth-order valence-electron chi connectivity index (χ4n) is 3.36. The Labute approximate surface area is 155 Å². The number of piperazine rings is 1. The maximum atomic E-state index is 13.2. The SMILES string of the molecule is CCCCCNC(=O)N1CCN(c2ccc(F)cc2)CC1CCCC=O. The monoisotopic (exact) mass is 363 g/mol. The van der Waals surface area contributed by atoms with Crippen molar-refractivity contribution >= 4 is 18.0 Å². The molecule has 5 nitrogen and oxygen atoms in total. The number of unbranched alkanes of at least 4 members (excludes halogenated alkanes) is 3. The molecule has 0 saturated carbocycles. The minimum Gasteiger partial charge on any atom is -0.368 e. The minimum atomic E-state index is -0.249. The molecule has 2 rings (SSSR count). The van der Waals surface area contributed by atoms with Gasteiger partial charge < -0.3 is 19.9 Å². The molecule has 26 heavy (non-hydrogen) atoms. The molecule has 1 atom stereocenters. The second-order valence-electron chi connectivity index (χ2n) is 6.81. The number of amides is 2. The van der Waals surface area contributed by atoms with Gasteiger partial charge >= 0.3 is 6.03 Å². The lowest BCUT2D eigenvalue weighted by atomic mass is 10.0. The Bertz CT molecular complexity index is 565. The molecule has 0 spiro atoms. The van der Waals surface area contributed by atoms with E-state index in [2.05, 4.69) is 17.1 Å². The van der Waals surface area contributed by atoms with Gasteiger partial charge in [-0.3, -0.25) is 0 Å². The summed E-state index contributed by atoms with van der Waals surface area (Å²) in [6, 6.07) is 6.51. The summed E-state index contributed by atoms with van der Waals surface area (Å²) < 4.78 is 13.2. The first-order chi connectivity index (χ1) is 12.7. The number of anilines is 1. The third-order valence-corrected chi connectivity index (χ3v) is 4.85. The zero-order chi connectivity index (χ0) is 18.8. The van der Waals surface area contributed by atoms with Crippen LogP contribution >= 0.6 is 0 Å². The van der Waals surface area contributed by atoms with Gasteiger partial charge in [0.1, 0.15) is 12.1 Å². The highest BCUT2D eigenvalue weighted by Crippen LogP contribution is 2.22. The van der Waals surface area contributed by atoms with Crippen LogP contribution < -0.4 is 10.2 Å². The van der Waals surface area contributed by atoms with E-state index < -0.39 is 0 Å². The average molecular weight is 363 g/mol. The van der Waals surface area contributed by atoms with E-state index in [4.69, 9.17) is 0 Å². The Kier molecular flexibility index (Phi) is 8.38. The number of benzene rings is 1. The number of aldehydes is 1. The first-order valence-electron chi connectivity index (χ1n) is 9.64. The van der Waals surface area contributed by atoms with Crippen molar-refractivity contribution in [2.45, 2.75) is 51.5 Å². The van der Waals surface area contributed by atoms with E-state index in [-0.39, 0.29) is 17.9 Å². The van der Waals surface area contributed by atoms with Crippen molar-refractivity contribution in [3.8, 4) is 0 Å². The standard InChI is InChI=1S/C20H30FN3O2/c1-2-3-5-12-22-20(26)24-14-13-23(16-19(24)7-4-6-15-25)18-10-8-17(21)9-11-18/h8-11,15,19H,2-7,12-14,16H2,1H3,(H,22,26). The van der Waals surface area contributed by atoms with E-state index in [1.54, 1.807) is 12.1 Å². The summed E-state index contributed by atoms with van der Waals surface area (Å²) in [5.41, 5.74) is 0.967. The molecule has 1 aliphatic heterocycles. The molecule has 1 saturated heterocycles. The topological polar surface area (TPSA) is 52.7 Å². The molecule has 0 bridgehead atoms. The Morgan fingerprint density at radius 2 is 2.00 bits per heavy atom. The van der Waals surface area contributed by atoms with Gasteiger partial charge in [-0.1, -0.05) is 19.8 Å². The molecule has 2 amide bonds. The second kappa shape index (κ2) is 10.8. The van der Waals surface area contributed by atoms with Crippen LogP contribution in [0.2, 0.25) is 0 Å². The highest BCUT2D eigenvalue weighted by molar-refractivity contribution is 5.75. The largest absolute Gasteiger partial charge is 0.368 e. The van der Waals surface area contributed by atoms with Gasteiger partial charge in [0.2, 0.25) is 0 Å². The normalized spacial score (nSPS) is 17.2. The highest BCUT2D eigenvalue weighted by atomic mass is 19.1. The third-order valence-electron chi connectivity index (χ3n) is 4.85. The van der Waals surface area contributed by atoms with Crippen LogP contribution in [0.1, 0.15) is 45.4 Å². The van der Waals surface area contributed by atoms with Gasteiger partial charge in [-0.2, -0.15) is 0 Å². The average Bonchev–Trinajstić information content (AvgIpc) is 2.66. The number of nitrogens with zero attached hydrogens (tertiary/aromatic N) is 2. The number of carbonyl (C=O) groups excluding carboxylic acids is 2. The smallest absolute Gasteiger partial charge is 0.317 e. The lowest BCUT2D eigenvalue weighted by Crippen LogP contribution is -2.57. The molecule has 144 valence electrons. The molecule has 1 N–H and O–H groups in total. The Balaban J connectivity index is 1.97. The number of rotatable bonds is 9. The minimum absolute atomic E-state index is 0.0176. The van der Waals surface area contributed by atoms with Crippen LogP contribution in [-0.2, 0) is 4.79 Å². The van der Waals surface area contributed by atoms with Crippen molar-refractivity contribution in [1.82, 2.24) is 10.2 Å². The maximum Gasteiger partial charge on any atom is 0.317 e. The van der Waals surface area contributed by atoms with Gasteiger partial charge in [0.05, 0.1) is 6.04 Å². The third kappa shape index (κ3) is 6.00. The summed E-state index contributed by atoms with van der Waals surface area (Å²) >= 11 is 0. The summed E-state index contributed by atoms with van der Waals surface area (Å²) in [7, 11) is 0. The fourth-order valence-corrected chi connectivity index (χ4v) is 3.36. The van der Waals surface area contributed by atoms with Crippen molar-refractivity contribution in [2.75, 3.05) is 31.1 Å². The molecular weight excluding hydrogens is 333 g/mol. The zero-order valence-electron chi connectivity index (χ0n) is 15.6. The number of urea groups is 1. The lowest BCUT2D eigenvalue weighted by molar-refractivity contribution is -0.108. The molecule has 0 aromatic heterocycles. The number of carbonyl (C=O) groups is 2. The van der Waals surface area contributed by atoms with Crippen LogP contribution in [0.4, 0.5) is 14.9 Å². The van der Waals surface area contributed by atoms with Gasteiger partial charge in [0.15, 0.2) is 0 Å². The Hall–Kier alpha value is -2.11. The molecule has 1 unspecified atom stereocenters. The number of hydrogen-bond acceptors (Lipinski definition) is 3. The van der Waals surface area contributed by atoms with E-state index in [0.717, 1.165) is 50.6 Å². The van der Waals surface area contributed by atoms with Crippen molar-refractivity contribution in [2.24, 2.45) is 0 Å². The molecule has 1 heterocycles. The molecule has 1 aromatic carbocycles. The summed E-state index contributed by atoms with van der Waals surface area (Å²) in [6.07, 6.45) is 6.23. The van der Waals surface area contributed by atoms with E-state index in [1.165, 1.54) is 12.1 Å². The van der Waals surface area contributed by atoms with Crippen molar-refractivity contribution in [3.63, 3.8) is 0 Å². The highest BCUT2D eigenvalue weighted by Gasteiger charge is 2.30. The number of halogens is 1. The van der Waals surface area contributed by atoms with Gasteiger partial charge in [-0.15, -0.1) is 0 Å². The summed E-state index contributed by atoms with van der Waals surface area (Å²) in [5, 5.41) is 3.02. The predicted octanol–water partition coefficient (Wildman–Crippen LogP) is 3.59. The van der Waals surface area contributed by atoms with Crippen LogP contribution in [-0.4, -0.2) is 49.4 Å². The second-order valence-corrected chi connectivity index (χ2v) is 6.81. The summed E-state index contributed by atoms with van der Waals surface area (Å²) in [6.45, 7) is 4.89. The fraction of sp³-hybridized carbons (Fsp3) is 0.600. The van der Waals surface area contributed by atoms with Gasteiger partial charge in [-0.25, -0.2) is 9.18 Å². The van der Waals surface area contributed by atoms with E-state index in [1.807, 2.05) is 4.90 Å². The first-order valence-corrected chi connectivity index (χ1v) is 9.64.